The number of nitrogens with one attached hydrogen (secondary N) is 1. The molecule has 0 radical (unpaired) electrons. The van der Waals surface area contributed by atoms with Crippen molar-refractivity contribution >= 4 is 18.0 Å². The number of aliphatic carboxylic acids is 1. The molecule has 1 unspecified atom stereocenters. The Balaban J connectivity index is 1.45. The fourth-order valence-electron chi connectivity index (χ4n) is 4.99. The summed E-state index contributed by atoms with van der Waals surface area (Å²) in [7, 11) is 1.33. The molecule has 4 rings (SSSR count). The van der Waals surface area contributed by atoms with Crippen LogP contribution in [-0.4, -0.2) is 66.4 Å². The molecule has 0 saturated carbocycles. The highest BCUT2D eigenvalue weighted by Gasteiger charge is 2.49. The van der Waals surface area contributed by atoms with E-state index in [9.17, 15) is 19.5 Å². The quantitative estimate of drug-likeness (QED) is 0.654. The van der Waals surface area contributed by atoms with Gasteiger partial charge in [0.2, 0.25) is 5.91 Å². The Morgan fingerprint density at radius 2 is 1.66 bits per heavy atom. The summed E-state index contributed by atoms with van der Waals surface area (Å²) in [6, 6.07) is 15.3. The van der Waals surface area contributed by atoms with E-state index in [1.165, 1.54) is 12.0 Å². The Bertz CT molecular complexity index is 1090. The number of carbonyl (C=O) groups is 3. The molecule has 0 aromatic heterocycles. The molecule has 0 bridgehead atoms. The second-order valence-corrected chi connectivity index (χ2v) is 10.3. The van der Waals surface area contributed by atoms with E-state index in [-0.39, 0.29) is 37.9 Å². The fourth-order valence-corrected chi connectivity index (χ4v) is 4.99. The highest BCUT2D eigenvalue weighted by Crippen LogP contribution is 2.44. The summed E-state index contributed by atoms with van der Waals surface area (Å²) < 4.78 is 10.9. The molecule has 35 heavy (non-hydrogen) atoms. The van der Waals surface area contributed by atoms with Gasteiger partial charge in [0, 0.05) is 26.0 Å². The van der Waals surface area contributed by atoms with Crippen LogP contribution in [0.25, 0.3) is 11.1 Å². The monoisotopic (exact) mass is 480 g/mol. The smallest absolute Gasteiger partial charge is 0.407 e. The molecule has 2 atom stereocenters. The predicted octanol–water partition coefficient (Wildman–Crippen LogP) is 3.64. The van der Waals surface area contributed by atoms with Crippen LogP contribution in [-0.2, 0) is 19.1 Å². The molecule has 1 heterocycles. The molecule has 1 aliphatic heterocycles. The molecular formula is C27H32N2O6. The summed E-state index contributed by atoms with van der Waals surface area (Å²) in [4.78, 5) is 39.4. The molecule has 2 amide bonds. The SMILES string of the molecule is COC1(C(=O)O)CCN(C(=O)[C@H](NC(=O)OCC2c3ccccc3-c3ccccc32)C(C)(C)C)C1. The van der Waals surface area contributed by atoms with Crippen LogP contribution in [0.5, 0.6) is 0 Å². The van der Waals surface area contributed by atoms with Gasteiger partial charge in [-0.1, -0.05) is 69.3 Å². The summed E-state index contributed by atoms with van der Waals surface area (Å²) in [5.74, 6) is -1.55. The maximum atomic E-state index is 13.3. The Kier molecular flexibility index (Phi) is 6.60. The minimum Gasteiger partial charge on any atom is -0.479 e. The summed E-state index contributed by atoms with van der Waals surface area (Å²) in [5.41, 5.74) is 2.42. The zero-order valence-corrected chi connectivity index (χ0v) is 20.5. The first-order chi connectivity index (χ1) is 16.6. The van der Waals surface area contributed by atoms with Gasteiger partial charge in [-0.25, -0.2) is 9.59 Å². The lowest BCUT2D eigenvalue weighted by atomic mass is 9.86. The van der Waals surface area contributed by atoms with Gasteiger partial charge in [0.1, 0.15) is 12.6 Å². The van der Waals surface area contributed by atoms with Gasteiger partial charge in [-0.15, -0.1) is 0 Å². The van der Waals surface area contributed by atoms with Crippen molar-refractivity contribution in [2.45, 2.75) is 44.8 Å². The largest absolute Gasteiger partial charge is 0.479 e. The number of methoxy groups -OCH3 is 1. The molecule has 1 saturated heterocycles. The van der Waals surface area contributed by atoms with E-state index in [0.717, 1.165) is 22.3 Å². The van der Waals surface area contributed by atoms with E-state index in [2.05, 4.69) is 17.4 Å². The van der Waals surface area contributed by atoms with E-state index >= 15 is 0 Å². The Morgan fingerprint density at radius 3 is 2.14 bits per heavy atom. The number of rotatable bonds is 6. The van der Waals surface area contributed by atoms with Crippen LogP contribution >= 0.6 is 0 Å². The van der Waals surface area contributed by atoms with E-state index in [4.69, 9.17) is 9.47 Å². The normalized spacial score (nSPS) is 20.2. The summed E-state index contributed by atoms with van der Waals surface area (Å²) in [6.07, 6.45) is -0.498. The van der Waals surface area contributed by atoms with E-state index in [1.54, 1.807) is 0 Å². The number of carbonyl (C=O) groups excluding carboxylic acids is 2. The number of hydrogen-bond acceptors (Lipinski definition) is 5. The molecule has 8 nitrogen and oxygen atoms in total. The molecule has 2 aliphatic rings. The number of amides is 2. The number of carboxylic acids is 1. The lowest BCUT2D eigenvalue weighted by molar-refractivity contribution is -0.161. The average Bonchev–Trinajstić information content (AvgIpc) is 3.41. The summed E-state index contributed by atoms with van der Waals surface area (Å²) in [5, 5.41) is 12.3. The molecule has 0 spiro atoms. The topological polar surface area (TPSA) is 105 Å². The molecule has 1 aliphatic carbocycles. The van der Waals surface area contributed by atoms with Crippen molar-refractivity contribution < 1.29 is 29.0 Å². The highest BCUT2D eigenvalue weighted by atomic mass is 16.5. The number of alkyl carbamates (subject to hydrolysis) is 1. The van der Waals surface area contributed by atoms with Crippen molar-refractivity contribution in [3.8, 4) is 11.1 Å². The van der Waals surface area contributed by atoms with Crippen LogP contribution in [0.2, 0.25) is 0 Å². The van der Waals surface area contributed by atoms with Gasteiger partial charge in [-0.3, -0.25) is 4.79 Å². The number of hydrogen-bond donors (Lipinski definition) is 2. The third kappa shape index (κ3) is 4.62. The minimum atomic E-state index is -1.43. The third-order valence-corrected chi connectivity index (χ3v) is 7.04. The molecule has 8 heteroatoms. The van der Waals surface area contributed by atoms with Crippen molar-refractivity contribution in [2.24, 2.45) is 5.41 Å². The Morgan fingerprint density at radius 1 is 1.09 bits per heavy atom. The van der Waals surface area contributed by atoms with Crippen LogP contribution in [0.3, 0.4) is 0 Å². The van der Waals surface area contributed by atoms with Crippen molar-refractivity contribution in [2.75, 3.05) is 26.8 Å². The minimum absolute atomic E-state index is 0.0728. The van der Waals surface area contributed by atoms with Crippen LogP contribution in [0.1, 0.15) is 44.2 Å². The third-order valence-electron chi connectivity index (χ3n) is 7.04. The molecular weight excluding hydrogens is 448 g/mol. The van der Waals surface area contributed by atoms with Crippen LogP contribution in [0, 0.1) is 5.41 Å². The van der Waals surface area contributed by atoms with Gasteiger partial charge in [0.25, 0.3) is 0 Å². The molecule has 2 aromatic rings. The first kappa shape index (κ1) is 24.7. The first-order valence-corrected chi connectivity index (χ1v) is 11.8. The molecule has 186 valence electrons. The van der Waals surface area contributed by atoms with E-state index in [1.807, 2.05) is 57.2 Å². The molecule has 2 aromatic carbocycles. The Hall–Kier alpha value is -3.39. The maximum absolute atomic E-state index is 13.3. The zero-order chi connectivity index (χ0) is 25.4. The molecule has 2 N–H and O–H groups in total. The lowest BCUT2D eigenvalue weighted by Crippen LogP contribution is -2.55. The number of likely N-dealkylation sites (tertiary alicyclic amines) is 1. The van der Waals surface area contributed by atoms with Gasteiger partial charge in [0.05, 0.1) is 6.54 Å². The van der Waals surface area contributed by atoms with Crippen molar-refractivity contribution in [1.29, 1.82) is 0 Å². The second kappa shape index (κ2) is 9.34. The van der Waals surface area contributed by atoms with Gasteiger partial charge in [0.15, 0.2) is 5.60 Å². The van der Waals surface area contributed by atoms with Gasteiger partial charge in [-0.05, 0) is 27.7 Å². The zero-order valence-electron chi connectivity index (χ0n) is 20.5. The summed E-state index contributed by atoms with van der Waals surface area (Å²) >= 11 is 0. The van der Waals surface area contributed by atoms with Crippen LogP contribution < -0.4 is 5.32 Å². The second-order valence-electron chi connectivity index (χ2n) is 10.3. The predicted molar refractivity (Wildman–Crippen MR) is 130 cm³/mol. The first-order valence-electron chi connectivity index (χ1n) is 11.8. The van der Waals surface area contributed by atoms with Crippen molar-refractivity contribution in [3.05, 3.63) is 59.7 Å². The van der Waals surface area contributed by atoms with E-state index in [0.29, 0.717) is 0 Å². The molecule has 1 fully saturated rings. The number of carboxylic acid groups (broad SMARTS) is 1. The standard InChI is InChI=1S/C27H32N2O6/c1-26(2,3)22(23(30)29-14-13-27(16-29,34-4)24(31)32)28-25(33)35-15-21-19-11-7-5-9-17(19)18-10-6-8-12-20(18)21/h5-12,21-22H,13-16H2,1-4H3,(H,28,33)(H,31,32)/t22-,27?/m0/s1. The highest BCUT2D eigenvalue weighted by molar-refractivity contribution is 5.88. The number of ether oxygens (including phenoxy) is 2. The van der Waals surface area contributed by atoms with Crippen LogP contribution in [0.15, 0.2) is 48.5 Å². The number of fused-ring (bicyclic) bond motifs is 3. The van der Waals surface area contributed by atoms with Crippen molar-refractivity contribution in [3.63, 3.8) is 0 Å². The van der Waals surface area contributed by atoms with Gasteiger partial charge in [-0.2, -0.15) is 0 Å². The van der Waals surface area contributed by atoms with E-state index < -0.39 is 29.1 Å². The van der Waals surface area contributed by atoms with Crippen LogP contribution in [0.4, 0.5) is 4.79 Å². The Labute approximate surface area is 205 Å². The average molecular weight is 481 g/mol. The fraction of sp³-hybridized carbons (Fsp3) is 0.444. The van der Waals surface area contributed by atoms with Gasteiger partial charge >= 0.3 is 12.1 Å². The number of nitrogens with zero attached hydrogens (tertiary/aromatic N) is 1. The van der Waals surface area contributed by atoms with Gasteiger partial charge < -0.3 is 24.8 Å². The maximum Gasteiger partial charge on any atom is 0.407 e. The lowest BCUT2D eigenvalue weighted by Gasteiger charge is -2.33. The number of benzene rings is 2. The van der Waals surface area contributed by atoms with Crippen molar-refractivity contribution in [1.82, 2.24) is 10.2 Å². The summed E-state index contributed by atoms with van der Waals surface area (Å²) in [6.45, 7) is 5.83.